The zero-order chi connectivity index (χ0) is 21.5. The minimum absolute atomic E-state index is 0.00898. The molecule has 7 heteroatoms. The van der Waals surface area contributed by atoms with Gasteiger partial charge in [-0.25, -0.2) is 4.39 Å². The molecular weight excluding hydrogens is 407 g/mol. The van der Waals surface area contributed by atoms with E-state index in [4.69, 9.17) is 16.9 Å². The lowest BCUT2D eigenvalue weighted by atomic mass is 9.92. The topological polar surface area (TPSA) is 81.4 Å². The van der Waals surface area contributed by atoms with E-state index in [9.17, 15) is 19.1 Å². The van der Waals surface area contributed by atoms with Crippen molar-refractivity contribution in [1.82, 2.24) is 0 Å². The summed E-state index contributed by atoms with van der Waals surface area (Å²) in [5.41, 5.74) is 1.53. The van der Waals surface area contributed by atoms with E-state index >= 15 is 0 Å². The Kier molecular flexibility index (Phi) is 5.19. The summed E-state index contributed by atoms with van der Waals surface area (Å²) in [4.78, 5) is 27.0. The van der Waals surface area contributed by atoms with E-state index in [1.165, 1.54) is 17.0 Å². The number of anilines is 1. The van der Waals surface area contributed by atoms with Crippen molar-refractivity contribution in [3.05, 3.63) is 69.5 Å². The van der Waals surface area contributed by atoms with Crippen molar-refractivity contribution in [3.8, 4) is 6.07 Å². The Labute approximate surface area is 178 Å². The van der Waals surface area contributed by atoms with E-state index in [1.807, 2.05) is 6.07 Å². The van der Waals surface area contributed by atoms with Gasteiger partial charge < -0.3 is 10.0 Å². The highest BCUT2D eigenvalue weighted by Crippen LogP contribution is 2.34. The second kappa shape index (κ2) is 7.67. The lowest BCUT2D eigenvalue weighted by Crippen LogP contribution is -2.47. The van der Waals surface area contributed by atoms with Crippen LogP contribution in [0.5, 0.6) is 0 Å². The van der Waals surface area contributed by atoms with Crippen LogP contribution >= 0.6 is 11.6 Å². The fourth-order valence-corrected chi connectivity index (χ4v) is 4.24. The average molecular weight is 425 g/mol. The van der Waals surface area contributed by atoms with Crippen LogP contribution in [-0.2, 0) is 22.4 Å². The molecule has 4 rings (SSSR count). The Morgan fingerprint density at radius 2 is 2.10 bits per heavy atom. The Morgan fingerprint density at radius 3 is 2.83 bits per heavy atom. The molecule has 1 atom stereocenters. The summed E-state index contributed by atoms with van der Waals surface area (Å²) in [6.07, 6.45) is 2.40. The summed E-state index contributed by atoms with van der Waals surface area (Å²) in [5, 5.41) is 20.1. The molecule has 5 nitrogen and oxygen atoms in total. The molecule has 2 aromatic rings. The molecule has 1 amide bonds. The fourth-order valence-electron chi connectivity index (χ4n) is 3.99. The number of Topliss-reactive ketones (excluding diaryl/α,β-unsaturated/α-hetero) is 1. The smallest absolute Gasteiger partial charge is 0.266 e. The lowest BCUT2D eigenvalue weighted by Gasteiger charge is -2.22. The zero-order valence-corrected chi connectivity index (χ0v) is 16.7. The number of ketones is 1. The maximum absolute atomic E-state index is 13.5. The van der Waals surface area contributed by atoms with Crippen LogP contribution in [0.2, 0.25) is 5.02 Å². The summed E-state index contributed by atoms with van der Waals surface area (Å²) < 4.78 is 13.5. The highest BCUT2D eigenvalue weighted by molar-refractivity contribution is 6.30. The molecule has 30 heavy (non-hydrogen) atoms. The summed E-state index contributed by atoms with van der Waals surface area (Å²) in [6.45, 7) is 0.209. The Hall–Kier alpha value is -3.01. The van der Waals surface area contributed by atoms with Gasteiger partial charge in [0.25, 0.3) is 5.91 Å². The molecule has 1 aliphatic carbocycles. The number of benzene rings is 2. The van der Waals surface area contributed by atoms with Crippen molar-refractivity contribution in [3.63, 3.8) is 0 Å². The molecule has 1 heterocycles. The normalized spacial score (nSPS) is 20.1. The number of fused-ring (bicyclic) bond motifs is 1. The predicted octanol–water partition coefficient (Wildman–Crippen LogP) is 3.61. The summed E-state index contributed by atoms with van der Waals surface area (Å²) >= 11 is 5.83. The molecule has 1 N–H and O–H groups in total. The van der Waals surface area contributed by atoms with Crippen molar-refractivity contribution >= 4 is 35.1 Å². The van der Waals surface area contributed by atoms with Crippen molar-refractivity contribution in [2.45, 2.75) is 31.3 Å². The molecule has 152 valence electrons. The van der Waals surface area contributed by atoms with Gasteiger partial charge in [-0.2, -0.15) is 5.26 Å². The minimum Gasteiger partial charge on any atom is -0.373 e. The first-order valence-electron chi connectivity index (χ1n) is 9.56. The average Bonchev–Trinajstić information content (AvgIpc) is 3.26. The van der Waals surface area contributed by atoms with Gasteiger partial charge in [0.15, 0.2) is 5.78 Å². The van der Waals surface area contributed by atoms with E-state index in [0.29, 0.717) is 23.2 Å². The van der Waals surface area contributed by atoms with Gasteiger partial charge in [0.2, 0.25) is 5.60 Å². The molecular formula is C23H18ClFN2O3. The molecule has 2 aromatic carbocycles. The van der Waals surface area contributed by atoms with Crippen molar-refractivity contribution in [1.29, 1.82) is 5.26 Å². The third-order valence-electron chi connectivity index (χ3n) is 5.62. The molecule has 1 saturated heterocycles. The number of allylic oxidation sites excluding steroid dienone is 1. The Bertz CT molecular complexity index is 1120. The van der Waals surface area contributed by atoms with Crippen LogP contribution in [0.25, 0.3) is 6.08 Å². The molecule has 0 aromatic heterocycles. The molecule has 2 aliphatic rings. The number of rotatable bonds is 5. The van der Waals surface area contributed by atoms with Crippen LogP contribution in [0, 0.1) is 17.1 Å². The van der Waals surface area contributed by atoms with Crippen LogP contribution in [0.3, 0.4) is 0 Å². The van der Waals surface area contributed by atoms with Gasteiger partial charge in [-0.3, -0.25) is 9.59 Å². The van der Waals surface area contributed by atoms with E-state index in [0.717, 1.165) is 11.1 Å². The number of halogens is 2. The summed E-state index contributed by atoms with van der Waals surface area (Å²) in [5.74, 6) is -1.76. The van der Waals surface area contributed by atoms with Crippen LogP contribution < -0.4 is 4.90 Å². The fraction of sp³-hybridized carbons (Fsp3) is 0.261. The maximum Gasteiger partial charge on any atom is 0.266 e. The van der Waals surface area contributed by atoms with Gasteiger partial charge in [-0.05, 0) is 59.5 Å². The Morgan fingerprint density at radius 1 is 1.30 bits per heavy atom. The number of aliphatic hydroxyl groups is 1. The molecule has 0 saturated carbocycles. The van der Waals surface area contributed by atoms with Gasteiger partial charge in [-0.15, -0.1) is 0 Å². The first-order chi connectivity index (χ1) is 14.3. The highest BCUT2D eigenvalue weighted by Gasteiger charge is 2.50. The first kappa shape index (κ1) is 20.3. The van der Waals surface area contributed by atoms with Crippen LogP contribution in [0.1, 0.15) is 29.5 Å². The van der Waals surface area contributed by atoms with E-state index in [1.54, 1.807) is 24.3 Å². The standard InChI is InChI=1S/C23H18ClFN2O3/c24-18-9-14(10-19(25)12-18)1-4-21(28)23(30)5-6-27(22(23)29)20-3-2-16-7-15(13-26)8-17(16)11-20/h2-3,8-12,30H,1,4-7H2/t23-/m0/s1. The number of hydrogen-bond acceptors (Lipinski definition) is 4. The predicted molar refractivity (Wildman–Crippen MR) is 110 cm³/mol. The quantitative estimate of drug-likeness (QED) is 0.743. The third kappa shape index (κ3) is 3.62. The van der Waals surface area contributed by atoms with Gasteiger partial charge in [0, 0.05) is 42.1 Å². The SMILES string of the molecule is N#CC1=Cc2cc(N3CC[C@](O)(C(=O)CCc4cc(F)cc(Cl)c4)C3=O)ccc2C1. The highest BCUT2D eigenvalue weighted by atomic mass is 35.5. The number of carbonyl (C=O) groups is 2. The number of hydrogen-bond donors (Lipinski definition) is 1. The second-order valence-corrected chi connectivity index (χ2v) is 8.05. The van der Waals surface area contributed by atoms with Crippen molar-refractivity contribution in [2.75, 3.05) is 11.4 Å². The van der Waals surface area contributed by atoms with Gasteiger partial charge in [0.05, 0.1) is 6.07 Å². The van der Waals surface area contributed by atoms with Gasteiger partial charge >= 0.3 is 0 Å². The monoisotopic (exact) mass is 424 g/mol. The number of nitrogens with zero attached hydrogens (tertiary/aromatic N) is 2. The minimum atomic E-state index is -2.09. The zero-order valence-electron chi connectivity index (χ0n) is 16.0. The summed E-state index contributed by atoms with van der Waals surface area (Å²) in [7, 11) is 0. The Balaban J connectivity index is 1.48. The molecule has 0 radical (unpaired) electrons. The van der Waals surface area contributed by atoms with Crippen LogP contribution in [0.15, 0.2) is 42.0 Å². The number of nitriles is 1. The van der Waals surface area contributed by atoms with Crippen LogP contribution in [-0.4, -0.2) is 28.9 Å². The number of aryl methyl sites for hydroxylation is 1. The van der Waals surface area contributed by atoms with Crippen LogP contribution in [0.4, 0.5) is 10.1 Å². The largest absolute Gasteiger partial charge is 0.373 e. The maximum atomic E-state index is 13.5. The van der Waals surface area contributed by atoms with Crippen molar-refractivity contribution < 1.29 is 19.1 Å². The number of carbonyl (C=O) groups excluding carboxylic acids is 2. The molecule has 0 spiro atoms. The second-order valence-electron chi connectivity index (χ2n) is 7.61. The van der Waals surface area contributed by atoms with Gasteiger partial charge in [-0.1, -0.05) is 17.7 Å². The third-order valence-corrected chi connectivity index (χ3v) is 5.83. The molecule has 1 fully saturated rings. The lowest BCUT2D eigenvalue weighted by molar-refractivity contribution is -0.147. The first-order valence-corrected chi connectivity index (χ1v) is 9.94. The molecule has 1 aliphatic heterocycles. The van der Waals surface area contributed by atoms with Crippen molar-refractivity contribution in [2.24, 2.45) is 0 Å². The molecule has 0 bridgehead atoms. The molecule has 0 unspecified atom stereocenters. The van der Waals surface area contributed by atoms with E-state index < -0.39 is 23.1 Å². The summed E-state index contributed by atoms with van der Waals surface area (Å²) in [6, 6.07) is 11.5. The van der Waals surface area contributed by atoms with E-state index in [-0.39, 0.29) is 30.8 Å². The van der Waals surface area contributed by atoms with Gasteiger partial charge in [0.1, 0.15) is 5.82 Å². The number of amides is 1. The van der Waals surface area contributed by atoms with E-state index in [2.05, 4.69) is 6.07 Å².